The van der Waals surface area contributed by atoms with Crippen molar-refractivity contribution in [2.45, 2.75) is 24.7 Å². The van der Waals surface area contributed by atoms with Gasteiger partial charge >= 0.3 is 0 Å². The Morgan fingerprint density at radius 1 is 1.10 bits per heavy atom. The second-order valence-corrected chi connectivity index (χ2v) is 8.33. The molecule has 0 spiro atoms. The summed E-state index contributed by atoms with van der Waals surface area (Å²) in [6.07, 6.45) is 1.43. The highest BCUT2D eigenvalue weighted by molar-refractivity contribution is 7.89. The van der Waals surface area contributed by atoms with Crippen LogP contribution in [0, 0.1) is 0 Å². The van der Waals surface area contributed by atoms with E-state index in [1.165, 1.54) is 12.1 Å². The summed E-state index contributed by atoms with van der Waals surface area (Å²) in [6.45, 7) is 2.02. The van der Waals surface area contributed by atoms with Gasteiger partial charge in [-0.05, 0) is 43.2 Å². The van der Waals surface area contributed by atoms with E-state index in [1.807, 2.05) is 24.3 Å². The summed E-state index contributed by atoms with van der Waals surface area (Å²) in [5.74, 6) is -0.462. The number of carbonyl (C=O) groups excluding carboxylic acids is 2. The number of anilines is 1. The average Bonchev–Trinajstić information content (AvgIpc) is 3.17. The third kappa shape index (κ3) is 5.27. The second kappa shape index (κ2) is 8.97. The Balaban J connectivity index is 1.55. The van der Waals surface area contributed by atoms with Crippen molar-refractivity contribution in [3.8, 4) is 0 Å². The van der Waals surface area contributed by atoms with Crippen LogP contribution in [0.15, 0.2) is 64.6 Å². The normalized spacial score (nSPS) is 14.9. The lowest BCUT2D eigenvalue weighted by Crippen LogP contribution is -2.35. The quantitative estimate of drug-likeness (QED) is 0.530. The fourth-order valence-corrected chi connectivity index (χ4v) is 3.90. The smallest absolute Gasteiger partial charge is 0.255 e. The molecule has 3 rings (SSSR count). The molecule has 1 aliphatic heterocycles. The van der Waals surface area contributed by atoms with Crippen molar-refractivity contribution in [2.24, 2.45) is 5.10 Å². The maximum Gasteiger partial charge on any atom is 0.255 e. The van der Waals surface area contributed by atoms with Gasteiger partial charge < -0.3 is 4.90 Å². The van der Waals surface area contributed by atoms with Gasteiger partial charge in [-0.15, -0.1) is 0 Å². The fourth-order valence-electron chi connectivity index (χ4n) is 2.90. The Morgan fingerprint density at radius 3 is 2.41 bits per heavy atom. The Bertz CT molecular complexity index is 1020. The monoisotopic (exact) mass is 414 g/mol. The molecule has 1 aliphatic rings. The number of rotatable bonds is 7. The van der Waals surface area contributed by atoms with Crippen molar-refractivity contribution in [1.29, 1.82) is 0 Å². The van der Waals surface area contributed by atoms with Crippen LogP contribution in [0.4, 0.5) is 5.69 Å². The van der Waals surface area contributed by atoms with Gasteiger partial charge in [0.2, 0.25) is 15.9 Å². The first-order valence-electron chi connectivity index (χ1n) is 9.15. The predicted molar refractivity (Wildman–Crippen MR) is 110 cm³/mol. The molecule has 29 heavy (non-hydrogen) atoms. The van der Waals surface area contributed by atoms with Crippen LogP contribution in [-0.2, 0) is 19.6 Å². The van der Waals surface area contributed by atoms with E-state index in [1.54, 1.807) is 30.0 Å². The summed E-state index contributed by atoms with van der Waals surface area (Å²) in [6, 6.07) is 15.1. The van der Waals surface area contributed by atoms with E-state index < -0.39 is 22.5 Å². The first kappa shape index (κ1) is 20.7. The van der Waals surface area contributed by atoms with Crippen LogP contribution in [-0.4, -0.2) is 39.0 Å². The van der Waals surface area contributed by atoms with Crippen molar-refractivity contribution in [3.63, 3.8) is 0 Å². The molecule has 2 aromatic rings. The molecular weight excluding hydrogens is 392 g/mol. The highest BCUT2D eigenvalue weighted by Gasteiger charge is 2.21. The number of hydrogen-bond donors (Lipinski definition) is 2. The highest BCUT2D eigenvalue weighted by Crippen LogP contribution is 2.21. The predicted octanol–water partition coefficient (Wildman–Crippen LogP) is 1.63. The fraction of sp³-hybridized carbons (Fsp3) is 0.250. The first-order valence-corrected chi connectivity index (χ1v) is 10.6. The van der Waals surface area contributed by atoms with E-state index in [9.17, 15) is 18.0 Å². The molecule has 2 amide bonds. The first-order chi connectivity index (χ1) is 13.9. The molecule has 0 saturated carbocycles. The van der Waals surface area contributed by atoms with Crippen LogP contribution in [0.1, 0.15) is 25.3 Å². The van der Waals surface area contributed by atoms with Crippen molar-refractivity contribution in [1.82, 2.24) is 10.1 Å². The van der Waals surface area contributed by atoms with Crippen molar-refractivity contribution in [3.05, 3.63) is 60.2 Å². The number of nitrogens with one attached hydrogen (secondary N) is 2. The van der Waals surface area contributed by atoms with Crippen molar-refractivity contribution < 1.29 is 18.0 Å². The summed E-state index contributed by atoms with van der Waals surface area (Å²) in [7, 11) is -3.76. The lowest BCUT2D eigenvalue weighted by molar-refractivity contribution is -0.120. The second-order valence-electron chi connectivity index (χ2n) is 6.57. The molecule has 0 bridgehead atoms. The number of nitrogens with zero attached hydrogens (tertiary/aromatic N) is 2. The summed E-state index contributed by atoms with van der Waals surface area (Å²) < 4.78 is 26.4. The molecule has 2 N–H and O–H groups in total. The van der Waals surface area contributed by atoms with E-state index in [-0.39, 0.29) is 10.8 Å². The van der Waals surface area contributed by atoms with Crippen LogP contribution < -0.4 is 15.0 Å². The van der Waals surface area contributed by atoms with E-state index in [2.05, 4.69) is 15.2 Å². The van der Waals surface area contributed by atoms with Crippen LogP contribution >= 0.6 is 0 Å². The average molecular weight is 414 g/mol. The van der Waals surface area contributed by atoms with Gasteiger partial charge in [0, 0.05) is 18.7 Å². The minimum atomic E-state index is -3.76. The maximum atomic E-state index is 12.1. The van der Waals surface area contributed by atoms with Gasteiger partial charge in [0.25, 0.3) is 5.91 Å². The number of hydrazone groups is 1. The third-order valence-corrected chi connectivity index (χ3v) is 5.91. The molecule has 1 heterocycles. The van der Waals surface area contributed by atoms with Crippen LogP contribution in [0.2, 0.25) is 0 Å². The number of hydrogen-bond acceptors (Lipinski definition) is 5. The molecule has 9 heteroatoms. The number of amides is 2. The zero-order valence-corrected chi connectivity index (χ0v) is 16.8. The van der Waals surface area contributed by atoms with Crippen LogP contribution in [0.3, 0.4) is 0 Å². The maximum absolute atomic E-state index is 12.1. The molecule has 0 aliphatic carbocycles. The molecule has 8 nitrogen and oxygen atoms in total. The molecule has 0 aromatic heterocycles. The zero-order chi connectivity index (χ0) is 20.9. The lowest BCUT2D eigenvalue weighted by Gasteiger charge is -2.15. The lowest BCUT2D eigenvalue weighted by atomic mass is 10.1. The molecule has 2 aromatic carbocycles. The highest BCUT2D eigenvalue weighted by atomic mass is 32.2. The van der Waals surface area contributed by atoms with Crippen molar-refractivity contribution >= 4 is 33.2 Å². The summed E-state index contributed by atoms with van der Waals surface area (Å²) in [4.78, 5) is 25.6. The SMILES string of the molecule is C/C(=N/NC(=O)CNS(=O)(=O)c1ccccc1)c1ccc(N2CCCC2=O)cc1. The van der Waals surface area contributed by atoms with Crippen LogP contribution in [0.25, 0.3) is 0 Å². The van der Waals surface area contributed by atoms with Gasteiger partial charge in [-0.3, -0.25) is 9.59 Å². The van der Waals surface area contributed by atoms with Gasteiger partial charge in [0.1, 0.15) is 0 Å². The van der Waals surface area contributed by atoms with Gasteiger partial charge in [0.05, 0.1) is 17.2 Å². The third-order valence-electron chi connectivity index (χ3n) is 4.49. The number of sulfonamides is 1. The van der Waals surface area contributed by atoms with Gasteiger partial charge in [0.15, 0.2) is 0 Å². The standard InChI is InChI=1S/C20H22N4O4S/c1-15(16-9-11-17(12-10-16)24-13-5-8-20(24)26)22-23-19(25)14-21-29(27,28)18-6-3-2-4-7-18/h2-4,6-7,9-12,21H,5,8,13-14H2,1H3,(H,23,25)/b22-15-. The number of carbonyl (C=O) groups is 2. The van der Waals surface area contributed by atoms with E-state index >= 15 is 0 Å². The Morgan fingerprint density at radius 2 is 1.79 bits per heavy atom. The minimum Gasteiger partial charge on any atom is -0.312 e. The Hall–Kier alpha value is -3.04. The van der Waals surface area contributed by atoms with Crippen LogP contribution in [0.5, 0.6) is 0 Å². The van der Waals surface area contributed by atoms with Crippen molar-refractivity contribution in [2.75, 3.05) is 18.0 Å². The number of benzene rings is 2. The van der Waals surface area contributed by atoms with Gasteiger partial charge in [-0.25, -0.2) is 18.6 Å². The molecule has 1 saturated heterocycles. The topological polar surface area (TPSA) is 108 Å². The van der Waals surface area contributed by atoms with E-state index in [4.69, 9.17) is 0 Å². The van der Waals surface area contributed by atoms with E-state index in [0.29, 0.717) is 12.1 Å². The molecule has 1 fully saturated rings. The largest absolute Gasteiger partial charge is 0.312 e. The molecule has 0 radical (unpaired) electrons. The minimum absolute atomic E-state index is 0.0871. The van der Waals surface area contributed by atoms with Gasteiger partial charge in [-0.2, -0.15) is 5.10 Å². The molecular formula is C20H22N4O4S. The summed E-state index contributed by atoms with van der Waals surface area (Å²) >= 11 is 0. The molecule has 0 atom stereocenters. The molecule has 152 valence electrons. The summed E-state index contributed by atoms with van der Waals surface area (Å²) in [5.41, 5.74) is 4.52. The zero-order valence-electron chi connectivity index (χ0n) is 16.0. The Labute approximate surface area is 169 Å². The molecule has 0 unspecified atom stereocenters. The van der Waals surface area contributed by atoms with Gasteiger partial charge in [-0.1, -0.05) is 30.3 Å². The summed E-state index contributed by atoms with van der Waals surface area (Å²) in [5, 5.41) is 4.01. The Kier molecular flexibility index (Phi) is 6.40. The van der Waals surface area contributed by atoms with E-state index in [0.717, 1.165) is 24.2 Å².